The molecule has 0 amide bonds. The van der Waals surface area contributed by atoms with E-state index in [1.165, 1.54) is 6.92 Å². The van der Waals surface area contributed by atoms with Crippen LogP contribution in [-0.2, 0) is 0 Å². The summed E-state index contributed by atoms with van der Waals surface area (Å²) in [5.74, 6) is -1.17. The van der Waals surface area contributed by atoms with Crippen LogP contribution >= 0.6 is 11.6 Å². The van der Waals surface area contributed by atoms with E-state index in [0.29, 0.717) is 10.6 Å². The van der Waals surface area contributed by atoms with Gasteiger partial charge in [0.15, 0.2) is 0 Å². The van der Waals surface area contributed by atoms with Crippen molar-refractivity contribution in [2.75, 3.05) is 0 Å². The standard InChI is InChI=1S/C14H11ClF2O/c1-8-6-13(17)11(7-12(8)16)14(18)9-2-4-10(15)5-3-9/h2-7,14,18H,1H3. The van der Waals surface area contributed by atoms with E-state index in [2.05, 4.69) is 0 Å². The fourth-order valence-electron chi connectivity index (χ4n) is 1.70. The molecule has 0 aliphatic carbocycles. The first-order valence-corrected chi connectivity index (χ1v) is 5.76. The highest BCUT2D eigenvalue weighted by atomic mass is 35.5. The fraction of sp³-hybridized carbons (Fsp3) is 0.143. The molecule has 1 unspecified atom stereocenters. The Hall–Kier alpha value is -1.45. The van der Waals surface area contributed by atoms with Crippen LogP contribution in [0.1, 0.15) is 22.8 Å². The minimum Gasteiger partial charge on any atom is -0.384 e. The number of hydrogen-bond donors (Lipinski definition) is 1. The molecule has 1 atom stereocenters. The maximum absolute atomic E-state index is 13.7. The average molecular weight is 269 g/mol. The number of aliphatic hydroxyl groups excluding tert-OH is 1. The first-order chi connectivity index (χ1) is 8.49. The summed E-state index contributed by atoms with van der Waals surface area (Å²) in [5, 5.41) is 10.5. The number of benzene rings is 2. The lowest BCUT2D eigenvalue weighted by atomic mass is 10.00. The number of halogens is 3. The van der Waals surface area contributed by atoms with Gasteiger partial charge in [0.1, 0.15) is 17.7 Å². The number of rotatable bonds is 2. The predicted octanol–water partition coefficient (Wildman–Crippen LogP) is 4.01. The molecule has 0 fully saturated rings. The maximum atomic E-state index is 13.7. The van der Waals surface area contributed by atoms with Gasteiger partial charge in [0.2, 0.25) is 0 Å². The molecule has 0 aliphatic heterocycles. The molecule has 2 aromatic rings. The smallest absolute Gasteiger partial charge is 0.129 e. The average Bonchev–Trinajstić information content (AvgIpc) is 2.34. The quantitative estimate of drug-likeness (QED) is 0.873. The molecule has 1 nitrogen and oxygen atoms in total. The SMILES string of the molecule is Cc1cc(F)c(C(O)c2ccc(Cl)cc2)cc1F. The Morgan fingerprint density at radius 3 is 2.28 bits per heavy atom. The van der Waals surface area contributed by atoms with Crippen molar-refractivity contribution >= 4 is 11.6 Å². The molecule has 4 heteroatoms. The van der Waals surface area contributed by atoms with Gasteiger partial charge in [0.25, 0.3) is 0 Å². The molecule has 0 aromatic heterocycles. The highest BCUT2D eigenvalue weighted by molar-refractivity contribution is 6.30. The van der Waals surface area contributed by atoms with Crippen molar-refractivity contribution in [2.45, 2.75) is 13.0 Å². The minimum atomic E-state index is -1.21. The number of aliphatic hydroxyl groups is 1. The van der Waals surface area contributed by atoms with Crippen LogP contribution in [0, 0.1) is 18.6 Å². The van der Waals surface area contributed by atoms with Crippen molar-refractivity contribution in [3.63, 3.8) is 0 Å². The molecule has 0 bridgehead atoms. The van der Waals surface area contributed by atoms with Gasteiger partial charge in [-0.2, -0.15) is 0 Å². The Morgan fingerprint density at radius 2 is 1.67 bits per heavy atom. The molecule has 94 valence electrons. The largest absolute Gasteiger partial charge is 0.384 e. The van der Waals surface area contributed by atoms with Crippen LogP contribution in [0.5, 0.6) is 0 Å². The zero-order chi connectivity index (χ0) is 13.3. The second-order valence-corrected chi connectivity index (χ2v) is 4.51. The van der Waals surface area contributed by atoms with Gasteiger partial charge in [-0.1, -0.05) is 23.7 Å². The van der Waals surface area contributed by atoms with Crippen LogP contribution in [0.4, 0.5) is 8.78 Å². The lowest BCUT2D eigenvalue weighted by Crippen LogP contribution is -2.04. The summed E-state index contributed by atoms with van der Waals surface area (Å²) in [6.07, 6.45) is -1.21. The van der Waals surface area contributed by atoms with Crippen LogP contribution in [0.25, 0.3) is 0 Å². The first kappa shape index (κ1) is 13.0. The van der Waals surface area contributed by atoms with Crippen LogP contribution in [0.3, 0.4) is 0 Å². The summed E-state index contributed by atoms with van der Waals surface area (Å²) in [6, 6.07) is 8.41. The molecular formula is C14H11ClF2O. The van der Waals surface area contributed by atoms with E-state index in [0.717, 1.165) is 12.1 Å². The molecule has 0 saturated carbocycles. The van der Waals surface area contributed by atoms with Gasteiger partial charge in [-0.3, -0.25) is 0 Å². The van der Waals surface area contributed by atoms with E-state index < -0.39 is 17.7 Å². The van der Waals surface area contributed by atoms with Crippen molar-refractivity contribution < 1.29 is 13.9 Å². The third-order valence-electron chi connectivity index (χ3n) is 2.76. The highest BCUT2D eigenvalue weighted by Crippen LogP contribution is 2.27. The zero-order valence-electron chi connectivity index (χ0n) is 9.62. The number of aryl methyl sites for hydroxylation is 1. The van der Waals surface area contributed by atoms with E-state index in [1.54, 1.807) is 24.3 Å². The Kier molecular flexibility index (Phi) is 3.64. The van der Waals surface area contributed by atoms with Gasteiger partial charge in [0, 0.05) is 10.6 Å². The third-order valence-corrected chi connectivity index (χ3v) is 3.01. The summed E-state index contributed by atoms with van der Waals surface area (Å²) in [4.78, 5) is 0. The predicted molar refractivity (Wildman–Crippen MR) is 66.6 cm³/mol. The second kappa shape index (κ2) is 5.04. The lowest BCUT2D eigenvalue weighted by Gasteiger charge is -2.13. The van der Waals surface area contributed by atoms with Crippen LogP contribution in [0.15, 0.2) is 36.4 Å². The van der Waals surface area contributed by atoms with Gasteiger partial charge >= 0.3 is 0 Å². The van der Waals surface area contributed by atoms with E-state index in [-0.39, 0.29) is 11.1 Å². The second-order valence-electron chi connectivity index (χ2n) is 4.08. The van der Waals surface area contributed by atoms with Gasteiger partial charge in [-0.25, -0.2) is 8.78 Å². The summed E-state index contributed by atoms with van der Waals surface area (Å²) < 4.78 is 27.1. The summed E-state index contributed by atoms with van der Waals surface area (Å²) in [6.45, 7) is 1.47. The normalized spacial score (nSPS) is 12.5. The van der Waals surface area contributed by atoms with Gasteiger partial charge in [-0.05, 0) is 42.3 Å². The number of hydrogen-bond acceptors (Lipinski definition) is 1. The molecule has 0 spiro atoms. The topological polar surface area (TPSA) is 20.2 Å². The third kappa shape index (κ3) is 2.52. The minimum absolute atomic E-state index is 0.0829. The van der Waals surface area contributed by atoms with Gasteiger partial charge in [0.05, 0.1) is 0 Å². The van der Waals surface area contributed by atoms with E-state index >= 15 is 0 Å². The Bertz CT molecular complexity index is 567. The van der Waals surface area contributed by atoms with Crippen molar-refractivity contribution in [3.05, 3.63) is 69.7 Å². The molecule has 0 saturated heterocycles. The van der Waals surface area contributed by atoms with Crippen LogP contribution in [-0.4, -0.2) is 5.11 Å². The van der Waals surface area contributed by atoms with E-state index in [9.17, 15) is 13.9 Å². The first-order valence-electron chi connectivity index (χ1n) is 5.38. The van der Waals surface area contributed by atoms with Crippen LogP contribution in [0.2, 0.25) is 5.02 Å². The summed E-state index contributed by atoms with van der Waals surface area (Å²) >= 11 is 5.72. The summed E-state index contributed by atoms with van der Waals surface area (Å²) in [5.41, 5.74) is 0.585. The lowest BCUT2D eigenvalue weighted by molar-refractivity contribution is 0.214. The molecule has 2 rings (SSSR count). The van der Waals surface area contributed by atoms with Crippen molar-refractivity contribution in [3.8, 4) is 0 Å². The van der Waals surface area contributed by atoms with E-state index in [4.69, 9.17) is 11.6 Å². The summed E-state index contributed by atoms with van der Waals surface area (Å²) in [7, 11) is 0. The molecule has 2 aromatic carbocycles. The Labute approximate surface area is 109 Å². The van der Waals surface area contributed by atoms with E-state index in [1.807, 2.05) is 0 Å². The zero-order valence-corrected chi connectivity index (χ0v) is 10.4. The monoisotopic (exact) mass is 268 g/mol. The Morgan fingerprint density at radius 1 is 1.06 bits per heavy atom. The van der Waals surface area contributed by atoms with Gasteiger partial charge < -0.3 is 5.11 Å². The Balaban J connectivity index is 2.42. The molecule has 0 heterocycles. The molecule has 0 radical (unpaired) electrons. The van der Waals surface area contributed by atoms with Crippen molar-refractivity contribution in [2.24, 2.45) is 0 Å². The molecule has 0 aliphatic rings. The fourth-order valence-corrected chi connectivity index (χ4v) is 1.82. The van der Waals surface area contributed by atoms with Crippen molar-refractivity contribution in [1.82, 2.24) is 0 Å². The molecule has 1 N–H and O–H groups in total. The maximum Gasteiger partial charge on any atom is 0.129 e. The highest BCUT2D eigenvalue weighted by Gasteiger charge is 2.17. The molecular weight excluding hydrogens is 258 g/mol. The van der Waals surface area contributed by atoms with Crippen molar-refractivity contribution in [1.29, 1.82) is 0 Å². The molecule has 18 heavy (non-hydrogen) atoms. The van der Waals surface area contributed by atoms with Gasteiger partial charge in [-0.15, -0.1) is 0 Å². The van der Waals surface area contributed by atoms with Crippen LogP contribution < -0.4 is 0 Å².